The molecule has 1 fully saturated rings. The van der Waals surface area contributed by atoms with E-state index < -0.39 is 48.5 Å². The summed E-state index contributed by atoms with van der Waals surface area (Å²) in [5.41, 5.74) is 4.31. The summed E-state index contributed by atoms with van der Waals surface area (Å²) in [6.45, 7) is -1.99. The first-order valence-corrected chi connectivity index (χ1v) is 7.81. The monoisotopic (exact) mass is 379 g/mol. The van der Waals surface area contributed by atoms with Crippen LogP contribution in [0.2, 0.25) is 0 Å². The van der Waals surface area contributed by atoms with E-state index in [9.17, 15) is 31.5 Å². The number of carbonyl (C=O) groups is 2. The number of rotatable bonds is 6. The van der Waals surface area contributed by atoms with Crippen molar-refractivity contribution in [3.05, 3.63) is 35.4 Å². The summed E-state index contributed by atoms with van der Waals surface area (Å²) in [6, 6.07) is 4.53. The Morgan fingerprint density at radius 3 is 2.58 bits per heavy atom. The number of hydrogen-bond donors (Lipinski definition) is 2. The summed E-state index contributed by atoms with van der Waals surface area (Å²) in [5.74, 6) is -5.20. The minimum atomic E-state index is -4.50. The number of hydrogen-bond acceptors (Lipinski definition) is 3. The van der Waals surface area contributed by atoms with Gasteiger partial charge in [-0.25, -0.2) is 8.78 Å². The maximum atomic E-state index is 13.1. The van der Waals surface area contributed by atoms with Crippen LogP contribution >= 0.6 is 0 Å². The van der Waals surface area contributed by atoms with E-state index in [2.05, 4.69) is 5.32 Å². The summed E-state index contributed by atoms with van der Waals surface area (Å²) in [7, 11) is 0. The van der Waals surface area contributed by atoms with Crippen molar-refractivity contribution in [2.75, 3.05) is 19.6 Å². The molecule has 1 atom stereocenters. The quantitative estimate of drug-likeness (QED) is 0.740. The number of nitrogens with two attached hydrogens (primary N) is 1. The summed E-state index contributed by atoms with van der Waals surface area (Å²) in [5, 5.41) is 2.05. The zero-order valence-electron chi connectivity index (χ0n) is 13.7. The lowest BCUT2D eigenvalue weighted by Gasteiger charge is -2.18. The fraction of sp³-hybridized carbons (Fsp3) is 0.500. The number of halogens is 5. The Morgan fingerprint density at radius 1 is 1.27 bits per heavy atom. The lowest BCUT2D eigenvalue weighted by atomic mass is 10.1. The highest BCUT2D eigenvalue weighted by Crippen LogP contribution is 2.30. The summed E-state index contributed by atoms with van der Waals surface area (Å²) in [4.78, 5) is 25.1. The molecule has 0 aliphatic carbocycles. The van der Waals surface area contributed by atoms with E-state index in [1.165, 1.54) is 17.0 Å². The van der Waals surface area contributed by atoms with Crippen LogP contribution < -0.4 is 11.1 Å². The van der Waals surface area contributed by atoms with Gasteiger partial charge in [0.1, 0.15) is 0 Å². The van der Waals surface area contributed by atoms with E-state index in [0.29, 0.717) is 0 Å². The Labute approximate surface area is 146 Å². The van der Waals surface area contributed by atoms with Crippen molar-refractivity contribution in [3.8, 4) is 0 Å². The molecule has 144 valence electrons. The lowest BCUT2D eigenvalue weighted by Crippen LogP contribution is -2.43. The molecule has 26 heavy (non-hydrogen) atoms. The van der Waals surface area contributed by atoms with Gasteiger partial charge in [0, 0.05) is 19.5 Å². The van der Waals surface area contributed by atoms with Crippen LogP contribution in [0.3, 0.4) is 0 Å². The van der Waals surface area contributed by atoms with Gasteiger partial charge in [-0.1, -0.05) is 12.1 Å². The maximum absolute atomic E-state index is 13.1. The Balaban J connectivity index is 1.97. The number of benzene rings is 1. The molecule has 1 aliphatic heterocycles. The average Bonchev–Trinajstić information content (AvgIpc) is 2.93. The predicted molar refractivity (Wildman–Crippen MR) is 82.0 cm³/mol. The zero-order chi connectivity index (χ0) is 19.5. The van der Waals surface area contributed by atoms with Gasteiger partial charge in [-0.3, -0.25) is 9.59 Å². The Morgan fingerprint density at radius 2 is 1.96 bits per heavy atom. The highest BCUT2D eigenvalue weighted by molar-refractivity contribution is 5.89. The van der Waals surface area contributed by atoms with Gasteiger partial charge in [0.2, 0.25) is 11.8 Å². The molecule has 2 rings (SSSR count). The largest absolute Gasteiger partial charge is 0.416 e. The summed E-state index contributed by atoms with van der Waals surface area (Å²) < 4.78 is 64.3. The van der Waals surface area contributed by atoms with E-state index in [1.807, 2.05) is 0 Å². The van der Waals surface area contributed by atoms with Crippen molar-refractivity contribution in [1.82, 2.24) is 10.2 Å². The molecule has 1 saturated heterocycles. The number of nitrogens with zero attached hydrogens (tertiary/aromatic N) is 1. The van der Waals surface area contributed by atoms with Crippen LogP contribution in [0.1, 0.15) is 17.5 Å². The Bertz CT molecular complexity index is 678. The van der Waals surface area contributed by atoms with Crippen LogP contribution in [0.15, 0.2) is 24.3 Å². The van der Waals surface area contributed by atoms with Crippen LogP contribution in [-0.4, -0.2) is 42.3 Å². The van der Waals surface area contributed by atoms with Crippen LogP contribution in [-0.2, 0) is 22.3 Å². The normalized spacial score (nSPS) is 18.3. The molecule has 5 nitrogen and oxygen atoms in total. The Hall–Kier alpha value is -2.23. The van der Waals surface area contributed by atoms with E-state index >= 15 is 0 Å². The highest BCUT2D eigenvalue weighted by Gasteiger charge is 2.36. The summed E-state index contributed by atoms with van der Waals surface area (Å²) >= 11 is 0. The molecule has 1 unspecified atom stereocenters. The second kappa shape index (κ2) is 7.56. The topological polar surface area (TPSA) is 75.4 Å². The third-order valence-corrected chi connectivity index (χ3v) is 4.03. The second-order valence-electron chi connectivity index (χ2n) is 6.15. The first-order chi connectivity index (χ1) is 12.0. The smallest absolute Gasteiger partial charge is 0.350 e. The third-order valence-electron chi connectivity index (χ3n) is 4.03. The zero-order valence-corrected chi connectivity index (χ0v) is 13.7. The summed E-state index contributed by atoms with van der Waals surface area (Å²) in [6.07, 6.45) is -4.68. The number of amides is 2. The lowest BCUT2D eigenvalue weighted by molar-refractivity contribution is -0.137. The fourth-order valence-corrected chi connectivity index (χ4v) is 2.60. The van der Waals surface area contributed by atoms with E-state index in [-0.39, 0.29) is 25.1 Å². The number of nitrogens with one attached hydrogen (secondary N) is 1. The van der Waals surface area contributed by atoms with Crippen molar-refractivity contribution in [2.45, 2.75) is 25.1 Å². The second-order valence-corrected chi connectivity index (χ2v) is 6.15. The van der Waals surface area contributed by atoms with Gasteiger partial charge in [-0.2, -0.15) is 13.2 Å². The molecule has 1 aliphatic rings. The molecule has 0 saturated carbocycles. The average molecular weight is 379 g/mol. The van der Waals surface area contributed by atoms with Crippen molar-refractivity contribution in [1.29, 1.82) is 0 Å². The molecule has 3 N–H and O–H groups in total. The third kappa shape index (κ3) is 5.13. The number of alkyl halides is 5. The van der Waals surface area contributed by atoms with Gasteiger partial charge in [-0.15, -0.1) is 0 Å². The van der Waals surface area contributed by atoms with E-state index in [4.69, 9.17) is 5.73 Å². The van der Waals surface area contributed by atoms with Gasteiger partial charge in [0.15, 0.2) is 0 Å². The first-order valence-electron chi connectivity index (χ1n) is 7.81. The van der Waals surface area contributed by atoms with Crippen LogP contribution in [0, 0.1) is 5.92 Å². The van der Waals surface area contributed by atoms with Crippen LogP contribution in [0.25, 0.3) is 0 Å². The molecule has 2 amide bonds. The van der Waals surface area contributed by atoms with E-state index in [1.54, 1.807) is 0 Å². The molecule has 0 aromatic heterocycles. The predicted octanol–water partition coefficient (Wildman–Crippen LogP) is 1.76. The van der Waals surface area contributed by atoms with Crippen molar-refractivity contribution < 1.29 is 31.5 Å². The maximum Gasteiger partial charge on any atom is 0.416 e. The molecular formula is C16H18F5N3O2. The van der Waals surface area contributed by atoms with Gasteiger partial charge in [0.05, 0.1) is 24.6 Å². The van der Waals surface area contributed by atoms with Gasteiger partial charge < -0.3 is 16.0 Å². The molecule has 0 radical (unpaired) electrons. The van der Waals surface area contributed by atoms with Crippen LogP contribution in [0.4, 0.5) is 22.0 Å². The Kier molecular flexibility index (Phi) is 5.84. The van der Waals surface area contributed by atoms with Gasteiger partial charge in [-0.05, 0) is 17.7 Å². The minimum absolute atomic E-state index is 0.0465. The molecule has 1 aromatic rings. The fourth-order valence-electron chi connectivity index (χ4n) is 2.60. The first kappa shape index (κ1) is 20.1. The standard InChI is InChI=1S/C16H18F5N3O2/c17-15(18,8-22)9-23-14(26)11-5-13(25)24(7-11)6-10-2-1-3-12(4-10)16(19,20)21/h1-4,11H,5-9,22H2,(H,23,26). The van der Waals surface area contributed by atoms with Crippen molar-refractivity contribution >= 4 is 11.8 Å². The van der Waals surface area contributed by atoms with Gasteiger partial charge in [0.25, 0.3) is 5.92 Å². The van der Waals surface area contributed by atoms with Crippen LogP contribution in [0.5, 0.6) is 0 Å². The molecule has 1 aromatic carbocycles. The van der Waals surface area contributed by atoms with Crippen molar-refractivity contribution in [3.63, 3.8) is 0 Å². The molecule has 0 bridgehead atoms. The SMILES string of the molecule is NCC(F)(F)CNC(=O)C1CC(=O)N(Cc2cccc(C(F)(F)F)c2)C1. The number of likely N-dealkylation sites (tertiary alicyclic amines) is 1. The molecule has 10 heteroatoms. The number of carbonyl (C=O) groups excluding carboxylic acids is 2. The van der Waals surface area contributed by atoms with Crippen molar-refractivity contribution in [2.24, 2.45) is 11.7 Å². The minimum Gasteiger partial charge on any atom is -0.350 e. The van der Waals surface area contributed by atoms with E-state index in [0.717, 1.165) is 12.1 Å². The highest BCUT2D eigenvalue weighted by atomic mass is 19.4. The molecule has 1 heterocycles. The molecular weight excluding hydrogens is 361 g/mol. The molecule has 0 spiro atoms. The van der Waals surface area contributed by atoms with Gasteiger partial charge >= 0.3 is 6.18 Å².